The molecule has 134 valence electrons. The Kier molecular flexibility index (Phi) is 4.22. The Hall–Kier alpha value is -2.51. The summed E-state index contributed by atoms with van der Waals surface area (Å²) in [4.78, 5) is 13.7. The minimum atomic E-state index is -1.25. The van der Waals surface area contributed by atoms with Gasteiger partial charge in [-0.1, -0.05) is 0 Å². The number of amides is 1. The first-order valence-electron chi connectivity index (χ1n) is 7.84. The number of halogens is 3. The number of rotatable bonds is 1. The summed E-state index contributed by atoms with van der Waals surface area (Å²) < 4.78 is 45.9. The second-order valence-corrected chi connectivity index (χ2v) is 6.93. The molecule has 2 heterocycles. The first-order chi connectivity index (χ1) is 11.7. The first-order valence-corrected chi connectivity index (χ1v) is 7.84. The summed E-state index contributed by atoms with van der Waals surface area (Å²) in [5.41, 5.74) is 0.823. The topological polar surface area (TPSA) is 58.2 Å². The Bertz CT molecular complexity index is 827. The van der Waals surface area contributed by atoms with Crippen LogP contribution in [0.1, 0.15) is 32.0 Å². The Balaban J connectivity index is 1.86. The highest BCUT2D eigenvalue weighted by Gasteiger charge is 2.29. The summed E-state index contributed by atoms with van der Waals surface area (Å²) >= 11 is 0. The van der Waals surface area contributed by atoms with E-state index in [0.717, 1.165) is 6.07 Å². The molecule has 0 saturated carbocycles. The Morgan fingerprint density at radius 2 is 1.88 bits per heavy atom. The molecule has 1 aromatic heterocycles. The van der Waals surface area contributed by atoms with Crippen LogP contribution in [-0.4, -0.2) is 33.3 Å². The van der Waals surface area contributed by atoms with Crippen LogP contribution in [0.2, 0.25) is 0 Å². The van der Waals surface area contributed by atoms with E-state index in [9.17, 15) is 18.0 Å². The smallest absolute Gasteiger partial charge is 0.410 e. The predicted molar refractivity (Wildman–Crippen MR) is 84.2 cm³/mol. The normalized spacial score (nSPS) is 14.4. The molecule has 0 aliphatic carbocycles. The molecule has 1 aliphatic heterocycles. The van der Waals surface area contributed by atoms with Crippen LogP contribution in [-0.2, 0) is 17.7 Å². The molecule has 0 saturated heterocycles. The minimum Gasteiger partial charge on any atom is -0.444 e. The van der Waals surface area contributed by atoms with Gasteiger partial charge in [0.05, 0.1) is 17.9 Å². The van der Waals surface area contributed by atoms with Gasteiger partial charge in [-0.15, -0.1) is 0 Å². The van der Waals surface area contributed by atoms with Gasteiger partial charge in [0.15, 0.2) is 11.6 Å². The van der Waals surface area contributed by atoms with Gasteiger partial charge < -0.3 is 9.64 Å². The number of hydrogen-bond donors (Lipinski definition) is 1. The average Bonchev–Trinajstić information content (AvgIpc) is 2.92. The summed E-state index contributed by atoms with van der Waals surface area (Å²) in [5.74, 6) is -3.27. The van der Waals surface area contributed by atoms with Crippen LogP contribution in [0.4, 0.5) is 18.0 Å². The van der Waals surface area contributed by atoms with Crippen molar-refractivity contribution in [1.82, 2.24) is 15.1 Å². The van der Waals surface area contributed by atoms with Gasteiger partial charge in [-0.3, -0.25) is 5.10 Å². The Morgan fingerprint density at radius 3 is 2.56 bits per heavy atom. The Labute approximate surface area is 142 Å². The molecule has 0 radical (unpaired) electrons. The zero-order chi connectivity index (χ0) is 18.4. The number of nitrogens with one attached hydrogen (secondary N) is 1. The summed E-state index contributed by atoms with van der Waals surface area (Å²) in [6.45, 7) is 5.92. The van der Waals surface area contributed by atoms with Crippen molar-refractivity contribution in [1.29, 1.82) is 0 Å². The van der Waals surface area contributed by atoms with Crippen molar-refractivity contribution in [2.45, 2.75) is 39.3 Å². The number of ether oxygens (including phenoxy) is 1. The second kappa shape index (κ2) is 6.09. The molecule has 1 amide bonds. The number of H-pyrrole nitrogens is 1. The summed E-state index contributed by atoms with van der Waals surface area (Å²) in [6.07, 6.45) is -0.0490. The van der Waals surface area contributed by atoms with Gasteiger partial charge in [-0.25, -0.2) is 18.0 Å². The highest BCUT2D eigenvalue weighted by molar-refractivity contribution is 5.70. The summed E-state index contributed by atoms with van der Waals surface area (Å²) in [5, 5.41) is 6.79. The van der Waals surface area contributed by atoms with Gasteiger partial charge in [0.1, 0.15) is 11.4 Å². The minimum absolute atomic E-state index is 0.109. The van der Waals surface area contributed by atoms with Gasteiger partial charge in [-0.2, -0.15) is 5.10 Å². The fourth-order valence-electron chi connectivity index (χ4n) is 2.73. The number of carbonyl (C=O) groups excluding carboxylic acids is 1. The third-order valence-corrected chi connectivity index (χ3v) is 3.85. The molecule has 5 nitrogen and oxygen atoms in total. The van der Waals surface area contributed by atoms with Crippen LogP contribution in [0, 0.1) is 17.5 Å². The lowest BCUT2D eigenvalue weighted by molar-refractivity contribution is 0.0221. The molecule has 1 N–H and O–H groups in total. The van der Waals surface area contributed by atoms with Gasteiger partial charge in [0.25, 0.3) is 0 Å². The van der Waals surface area contributed by atoms with Crippen molar-refractivity contribution < 1.29 is 22.7 Å². The van der Waals surface area contributed by atoms with E-state index in [2.05, 4.69) is 10.2 Å². The number of nitrogens with zero attached hydrogens (tertiary/aromatic N) is 2. The van der Waals surface area contributed by atoms with Crippen LogP contribution in [0.3, 0.4) is 0 Å². The van der Waals surface area contributed by atoms with Gasteiger partial charge in [0, 0.05) is 23.7 Å². The molecule has 2 aromatic rings. The molecule has 0 bridgehead atoms. The average molecular weight is 353 g/mol. The number of benzene rings is 1. The number of fused-ring (bicyclic) bond motifs is 1. The summed E-state index contributed by atoms with van der Waals surface area (Å²) in [7, 11) is 0. The molecular weight excluding hydrogens is 335 g/mol. The number of aromatic nitrogens is 2. The van der Waals surface area contributed by atoms with Gasteiger partial charge in [-0.05, 0) is 33.3 Å². The zero-order valence-corrected chi connectivity index (χ0v) is 14.1. The van der Waals surface area contributed by atoms with Gasteiger partial charge in [0.2, 0.25) is 0 Å². The van der Waals surface area contributed by atoms with Crippen molar-refractivity contribution in [2.75, 3.05) is 6.54 Å². The monoisotopic (exact) mass is 353 g/mol. The maximum atomic E-state index is 14.0. The van der Waals surface area contributed by atoms with Crippen LogP contribution < -0.4 is 0 Å². The summed E-state index contributed by atoms with van der Waals surface area (Å²) in [6, 6.07) is 1.29. The van der Waals surface area contributed by atoms with Crippen molar-refractivity contribution in [3.63, 3.8) is 0 Å². The SMILES string of the molecule is CC(C)(C)OC(=O)N1CCc2c(-c3cc(F)c(F)cc3F)n[nH]c2C1. The molecule has 0 fully saturated rings. The van der Waals surface area contributed by atoms with E-state index in [1.807, 2.05) is 0 Å². The maximum Gasteiger partial charge on any atom is 0.410 e. The van der Waals surface area contributed by atoms with E-state index >= 15 is 0 Å². The van der Waals surface area contributed by atoms with Crippen LogP contribution in [0.25, 0.3) is 11.3 Å². The van der Waals surface area contributed by atoms with Crippen LogP contribution in [0.15, 0.2) is 12.1 Å². The molecule has 1 aliphatic rings. The van der Waals surface area contributed by atoms with E-state index in [-0.39, 0.29) is 17.8 Å². The zero-order valence-electron chi connectivity index (χ0n) is 14.1. The van der Waals surface area contributed by atoms with Crippen LogP contribution >= 0.6 is 0 Å². The highest BCUT2D eigenvalue weighted by atomic mass is 19.2. The molecule has 3 rings (SSSR count). The predicted octanol–water partition coefficient (Wildman–Crippen LogP) is 3.79. The van der Waals surface area contributed by atoms with Crippen molar-refractivity contribution >= 4 is 6.09 Å². The van der Waals surface area contributed by atoms with E-state index in [1.165, 1.54) is 4.90 Å². The highest BCUT2D eigenvalue weighted by Crippen LogP contribution is 2.31. The molecular formula is C17H18F3N3O2. The van der Waals surface area contributed by atoms with Gasteiger partial charge >= 0.3 is 6.09 Å². The Morgan fingerprint density at radius 1 is 1.20 bits per heavy atom. The quantitative estimate of drug-likeness (QED) is 0.794. The molecule has 8 heteroatoms. The number of hydrogen-bond acceptors (Lipinski definition) is 3. The molecule has 1 aromatic carbocycles. The molecule has 0 spiro atoms. The standard InChI is InChI=1S/C17H18F3N3O2/c1-17(2,3)25-16(24)23-5-4-9-14(8-23)21-22-15(9)10-6-12(19)13(20)7-11(10)18/h6-7H,4-5,8H2,1-3H3,(H,21,22). The maximum absolute atomic E-state index is 14.0. The lowest BCUT2D eigenvalue weighted by Crippen LogP contribution is -2.39. The first kappa shape index (κ1) is 17.3. The van der Waals surface area contributed by atoms with Crippen LogP contribution in [0.5, 0.6) is 0 Å². The third kappa shape index (κ3) is 3.47. The fourth-order valence-corrected chi connectivity index (χ4v) is 2.73. The number of aromatic amines is 1. The second-order valence-electron chi connectivity index (χ2n) is 6.93. The van der Waals surface area contributed by atoms with E-state index in [1.54, 1.807) is 20.8 Å². The van der Waals surface area contributed by atoms with Crippen molar-refractivity contribution in [3.05, 3.63) is 40.8 Å². The lowest BCUT2D eigenvalue weighted by atomic mass is 9.99. The van der Waals surface area contributed by atoms with E-state index in [0.29, 0.717) is 30.3 Å². The lowest BCUT2D eigenvalue weighted by Gasteiger charge is -2.29. The molecule has 0 atom stereocenters. The van der Waals surface area contributed by atoms with Crippen molar-refractivity contribution in [3.8, 4) is 11.3 Å². The molecule has 25 heavy (non-hydrogen) atoms. The molecule has 0 unspecified atom stereocenters. The number of carbonyl (C=O) groups is 1. The third-order valence-electron chi connectivity index (χ3n) is 3.85. The van der Waals surface area contributed by atoms with E-state index < -0.39 is 29.1 Å². The van der Waals surface area contributed by atoms with Crippen molar-refractivity contribution in [2.24, 2.45) is 0 Å². The van der Waals surface area contributed by atoms with E-state index in [4.69, 9.17) is 4.74 Å². The fraction of sp³-hybridized carbons (Fsp3) is 0.412. The largest absolute Gasteiger partial charge is 0.444 e.